The van der Waals surface area contributed by atoms with E-state index in [1.165, 1.54) is 4.31 Å². The van der Waals surface area contributed by atoms with Gasteiger partial charge in [-0.15, -0.1) is 11.3 Å². The second-order valence-electron chi connectivity index (χ2n) is 5.30. The third-order valence-electron chi connectivity index (χ3n) is 3.48. The second-order valence-corrected chi connectivity index (χ2v) is 8.27. The van der Waals surface area contributed by atoms with Crippen LogP contribution in [0.15, 0.2) is 69.7 Å². The topological polar surface area (TPSA) is 50.5 Å². The van der Waals surface area contributed by atoms with Gasteiger partial charge in [0, 0.05) is 23.5 Å². The van der Waals surface area contributed by atoms with E-state index in [-0.39, 0.29) is 6.54 Å². The van der Waals surface area contributed by atoms with Crippen molar-refractivity contribution in [2.45, 2.75) is 24.9 Å². The van der Waals surface area contributed by atoms with Crippen molar-refractivity contribution >= 4 is 21.4 Å². The van der Waals surface area contributed by atoms with Crippen LogP contribution in [-0.2, 0) is 23.1 Å². The van der Waals surface area contributed by atoms with Gasteiger partial charge >= 0.3 is 0 Å². The molecule has 0 fully saturated rings. The summed E-state index contributed by atoms with van der Waals surface area (Å²) in [4.78, 5) is 1.32. The summed E-state index contributed by atoms with van der Waals surface area (Å²) in [5.74, 6) is 0. The summed E-state index contributed by atoms with van der Waals surface area (Å²) in [6, 6.07) is 12.6. The van der Waals surface area contributed by atoms with Gasteiger partial charge in [-0.2, -0.15) is 4.31 Å². The number of benzene rings is 1. The molecule has 3 rings (SSSR count). The molecule has 0 bridgehead atoms. The van der Waals surface area contributed by atoms with Crippen molar-refractivity contribution < 1.29 is 12.8 Å². The highest BCUT2D eigenvalue weighted by molar-refractivity contribution is 7.89. The maximum Gasteiger partial charge on any atom is 0.243 e. The van der Waals surface area contributed by atoms with E-state index >= 15 is 0 Å². The van der Waals surface area contributed by atoms with E-state index in [1.54, 1.807) is 48.1 Å². The SMILES string of the molecule is Cc1cccc(S(=O)(=O)N(Cc2ccoc2)Cc2cccs2)c1. The molecule has 0 aliphatic heterocycles. The van der Waals surface area contributed by atoms with Gasteiger partial charge in [-0.3, -0.25) is 0 Å². The molecule has 1 aromatic carbocycles. The molecule has 6 heteroatoms. The minimum Gasteiger partial charge on any atom is -0.472 e. The van der Waals surface area contributed by atoms with Crippen molar-refractivity contribution in [2.75, 3.05) is 0 Å². The highest BCUT2D eigenvalue weighted by Gasteiger charge is 2.25. The zero-order valence-electron chi connectivity index (χ0n) is 12.7. The third-order valence-corrected chi connectivity index (χ3v) is 6.13. The Bertz CT molecular complexity index is 817. The first kappa shape index (κ1) is 16.0. The smallest absolute Gasteiger partial charge is 0.243 e. The molecular formula is C17H17NO3S2. The molecule has 0 saturated carbocycles. The molecule has 2 aromatic heterocycles. The van der Waals surface area contributed by atoms with Gasteiger partial charge in [-0.05, 0) is 42.1 Å². The molecule has 0 saturated heterocycles. The molecule has 0 N–H and O–H groups in total. The Labute approximate surface area is 140 Å². The van der Waals surface area contributed by atoms with Crippen molar-refractivity contribution in [2.24, 2.45) is 0 Å². The highest BCUT2D eigenvalue weighted by atomic mass is 32.2. The fourth-order valence-electron chi connectivity index (χ4n) is 2.31. The van der Waals surface area contributed by atoms with Crippen LogP contribution in [0.1, 0.15) is 16.0 Å². The van der Waals surface area contributed by atoms with Gasteiger partial charge in [0.25, 0.3) is 0 Å². The summed E-state index contributed by atoms with van der Waals surface area (Å²) in [6.45, 7) is 2.52. The zero-order chi connectivity index (χ0) is 16.3. The fourth-order valence-corrected chi connectivity index (χ4v) is 4.63. The van der Waals surface area contributed by atoms with Crippen LogP contribution in [0.2, 0.25) is 0 Å². The number of sulfonamides is 1. The average molecular weight is 347 g/mol. The number of thiophene rings is 1. The van der Waals surface area contributed by atoms with Crippen LogP contribution in [0.25, 0.3) is 0 Å². The van der Waals surface area contributed by atoms with Crippen LogP contribution < -0.4 is 0 Å². The fraction of sp³-hybridized carbons (Fsp3) is 0.176. The molecular weight excluding hydrogens is 330 g/mol. The van der Waals surface area contributed by atoms with Crippen LogP contribution >= 0.6 is 11.3 Å². The largest absolute Gasteiger partial charge is 0.472 e. The normalized spacial score (nSPS) is 11.9. The van der Waals surface area contributed by atoms with E-state index in [4.69, 9.17) is 4.42 Å². The van der Waals surface area contributed by atoms with Gasteiger partial charge in [0.1, 0.15) is 0 Å². The first-order chi connectivity index (χ1) is 11.1. The Balaban J connectivity index is 1.95. The molecule has 0 amide bonds. The first-order valence-electron chi connectivity index (χ1n) is 7.16. The number of furan rings is 1. The number of aryl methyl sites for hydroxylation is 1. The summed E-state index contributed by atoms with van der Waals surface area (Å²) >= 11 is 1.55. The molecule has 0 unspecified atom stereocenters. The first-order valence-corrected chi connectivity index (χ1v) is 9.48. The number of hydrogen-bond donors (Lipinski definition) is 0. The highest BCUT2D eigenvalue weighted by Crippen LogP contribution is 2.23. The Kier molecular flexibility index (Phi) is 4.66. The van der Waals surface area contributed by atoms with Crippen molar-refractivity contribution in [1.82, 2.24) is 4.31 Å². The number of nitrogens with zero attached hydrogens (tertiary/aromatic N) is 1. The van der Waals surface area contributed by atoms with E-state index < -0.39 is 10.0 Å². The zero-order valence-corrected chi connectivity index (χ0v) is 14.3. The molecule has 2 heterocycles. The predicted octanol–water partition coefficient (Wildman–Crippen LogP) is 4.04. The van der Waals surface area contributed by atoms with Crippen molar-refractivity contribution in [3.63, 3.8) is 0 Å². The van der Waals surface area contributed by atoms with Crippen LogP contribution in [-0.4, -0.2) is 12.7 Å². The van der Waals surface area contributed by atoms with Gasteiger partial charge in [-0.1, -0.05) is 18.2 Å². The van der Waals surface area contributed by atoms with Crippen LogP contribution in [0, 0.1) is 6.92 Å². The van der Waals surface area contributed by atoms with Gasteiger partial charge < -0.3 is 4.42 Å². The number of rotatable bonds is 6. The molecule has 23 heavy (non-hydrogen) atoms. The van der Waals surface area contributed by atoms with Gasteiger partial charge in [-0.25, -0.2) is 8.42 Å². The summed E-state index contributed by atoms with van der Waals surface area (Å²) in [5, 5.41) is 1.95. The van der Waals surface area contributed by atoms with E-state index in [1.807, 2.05) is 30.5 Å². The van der Waals surface area contributed by atoms with E-state index in [0.717, 1.165) is 16.0 Å². The number of hydrogen-bond acceptors (Lipinski definition) is 4. The van der Waals surface area contributed by atoms with Crippen molar-refractivity contribution in [3.05, 3.63) is 76.4 Å². The molecule has 0 aliphatic carbocycles. The lowest BCUT2D eigenvalue weighted by molar-refractivity contribution is 0.402. The molecule has 0 aliphatic rings. The van der Waals surface area contributed by atoms with Crippen LogP contribution in [0.4, 0.5) is 0 Å². The van der Waals surface area contributed by atoms with Crippen molar-refractivity contribution in [3.8, 4) is 0 Å². The van der Waals surface area contributed by atoms with E-state index in [2.05, 4.69) is 0 Å². The molecule has 0 spiro atoms. The summed E-state index contributed by atoms with van der Waals surface area (Å²) < 4.78 is 32.6. The second kappa shape index (κ2) is 6.70. The Morgan fingerprint density at radius 1 is 1.13 bits per heavy atom. The Hall–Kier alpha value is -1.89. The standard InChI is InChI=1S/C17H17NO3S2/c1-14-4-2-6-17(10-14)23(19,20)18(11-15-7-8-21-13-15)12-16-5-3-9-22-16/h2-10,13H,11-12H2,1H3. The van der Waals surface area contributed by atoms with Crippen LogP contribution in [0.5, 0.6) is 0 Å². The summed E-state index contributed by atoms with van der Waals surface area (Å²) in [5.41, 5.74) is 1.75. The summed E-state index contributed by atoms with van der Waals surface area (Å²) in [7, 11) is -3.58. The molecule has 0 atom stereocenters. The van der Waals surface area contributed by atoms with Gasteiger partial charge in [0.05, 0.1) is 17.4 Å². The Morgan fingerprint density at radius 3 is 2.65 bits per heavy atom. The maximum atomic E-state index is 13.0. The lowest BCUT2D eigenvalue weighted by atomic mass is 10.2. The average Bonchev–Trinajstić information content (AvgIpc) is 3.20. The molecule has 3 aromatic rings. The molecule has 120 valence electrons. The minimum absolute atomic E-state index is 0.282. The lowest BCUT2D eigenvalue weighted by Gasteiger charge is -2.21. The lowest BCUT2D eigenvalue weighted by Crippen LogP contribution is -2.29. The van der Waals surface area contributed by atoms with E-state index in [9.17, 15) is 8.42 Å². The van der Waals surface area contributed by atoms with Crippen molar-refractivity contribution in [1.29, 1.82) is 0 Å². The quantitative estimate of drug-likeness (QED) is 0.676. The molecule has 4 nitrogen and oxygen atoms in total. The summed E-state index contributed by atoms with van der Waals surface area (Å²) in [6.07, 6.45) is 3.13. The maximum absolute atomic E-state index is 13.0. The third kappa shape index (κ3) is 3.72. The van der Waals surface area contributed by atoms with Crippen LogP contribution in [0.3, 0.4) is 0 Å². The van der Waals surface area contributed by atoms with Gasteiger partial charge in [0.2, 0.25) is 10.0 Å². The molecule has 0 radical (unpaired) electrons. The minimum atomic E-state index is -3.58. The van der Waals surface area contributed by atoms with E-state index in [0.29, 0.717) is 11.4 Å². The Morgan fingerprint density at radius 2 is 2.00 bits per heavy atom. The van der Waals surface area contributed by atoms with Gasteiger partial charge in [0.15, 0.2) is 0 Å². The predicted molar refractivity (Wildman–Crippen MR) is 90.6 cm³/mol. The monoisotopic (exact) mass is 347 g/mol.